The van der Waals surface area contributed by atoms with Crippen molar-refractivity contribution in [3.63, 3.8) is 0 Å². The highest BCUT2D eigenvalue weighted by atomic mass is 35.5. The molecule has 0 aromatic carbocycles. The second kappa shape index (κ2) is 5.55. The highest BCUT2D eigenvalue weighted by molar-refractivity contribution is 6.34. The summed E-state index contributed by atoms with van der Waals surface area (Å²) in [6.45, 7) is 0. The van der Waals surface area contributed by atoms with Crippen LogP contribution in [0.25, 0.3) is 0 Å². The zero-order valence-electron chi connectivity index (χ0n) is 9.83. The van der Waals surface area contributed by atoms with Crippen LogP contribution in [0.15, 0.2) is 30.7 Å². The van der Waals surface area contributed by atoms with E-state index in [0.717, 1.165) is 18.5 Å². The lowest BCUT2D eigenvalue weighted by Crippen LogP contribution is -2.20. The van der Waals surface area contributed by atoms with E-state index in [9.17, 15) is 13.2 Å². The summed E-state index contributed by atoms with van der Waals surface area (Å²) in [5, 5.41) is 0.371. The van der Waals surface area contributed by atoms with E-state index in [1.54, 1.807) is 0 Å². The van der Waals surface area contributed by atoms with Gasteiger partial charge in [0.2, 0.25) is 0 Å². The third-order valence-electron chi connectivity index (χ3n) is 2.62. The van der Waals surface area contributed by atoms with Gasteiger partial charge in [-0.15, -0.1) is 0 Å². The SMILES string of the molecule is NC(c1cnccc1C(F)(F)F)c1ncc(Cl)cc1Cl. The lowest BCUT2D eigenvalue weighted by molar-refractivity contribution is -0.138. The molecule has 0 aliphatic heterocycles. The van der Waals surface area contributed by atoms with Crippen molar-refractivity contribution in [1.82, 2.24) is 9.97 Å². The number of hydrogen-bond donors (Lipinski definition) is 1. The molecule has 2 aromatic rings. The normalized spacial score (nSPS) is 13.3. The third kappa shape index (κ3) is 3.03. The molecule has 1 atom stereocenters. The van der Waals surface area contributed by atoms with Gasteiger partial charge in [-0.3, -0.25) is 9.97 Å². The van der Waals surface area contributed by atoms with Gasteiger partial charge in [0.05, 0.1) is 27.3 Å². The summed E-state index contributed by atoms with van der Waals surface area (Å²) in [7, 11) is 0. The number of halogens is 5. The van der Waals surface area contributed by atoms with Crippen LogP contribution in [0.1, 0.15) is 22.9 Å². The Hall–Kier alpha value is -1.37. The molecule has 0 fully saturated rings. The lowest BCUT2D eigenvalue weighted by atomic mass is 10.00. The van der Waals surface area contributed by atoms with Gasteiger partial charge in [-0.1, -0.05) is 23.2 Å². The van der Waals surface area contributed by atoms with Crippen LogP contribution in [0, 0.1) is 0 Å². The Labute approximate surface area is 122 Å². The van der Waals surface area contributed by atoms with Gasteiger partial charge in [0, 0.05) is 24.2 Å². The molecule has 0 radical (unpaired) electrons. The van der Waals surface area contributed by atoms with Gasteiger partial charge in [0.15, 0.2) is 0 Å². The van der Waals surface area contributed by atoms with Crippen LogP contribution in [0.5, 0.6) is 0 Å². The van der Waals surface area contributed by atoms with Crippen LogP contribution in [0.2, 0.25) is 10.0 Å². The van der Waals surface area contributed by atoms with Crippen molar-refractivity contribution in [3.05, 3.63) is 57.6 Å². The predicted molar refractivity (Wildman–Crippen MR) is 69.5 cm³/mol. The Kier molecular flexibility index (Phi) is 4.17. The summed E-state index contributed by atoms with van der Waals surface area (Å²) < 4.78 is 38.8. The zero-order valence-corrected chi connectivity index (χ0v) is 11.3. The Bertz CT molecular complexity index is 632. The Morgan fingerprint density at radius 3 is 2.50 bits per heavy atom. The number of nitrogens with zero attached hydrogens (tertiary/aromatic N) is 2. The maximum absolute atomic E-state index is 12.9. The molecule has 0 amide bonds. The average molecular weight is 322 g/mol. The van der Waals surface area contributed by atoms with E-state index in [-0.39, 0.29) is 21.3 Å². The first kappa shape index (κ1) is 15.0. The molecule has 1 unspecified atom stereocenters. The molecule has 0 aliphatic rings. The van der Waals surface area contributed by atoms with Gasteiger partial charge < -0.3 is 5.73 Å². The maximum atomic E-state index is 12.9. The minimum absolute atomic E-state index is 0.0991. The van der Waals surface area contributed by atoms with Crippen LogP contribution in [0.4, 0.5) is 13.2 Å². The van der Waals surface area contributed by atoms with Crippen molar-refractivity contribution in [2.24, 2.45) is 5.73 Å². The molecule has 0 aliphatic carbocycles. The zero-order chi connectivity index (χ0) is 14.9. The van der Waals surface area contributed by atoms with Gasteiger partial charge in [-0.2, -0.15) is 13.2 Å². The average Bonchev–Trinajstić information content (AvgIpc) is 2.37. The van der Waals surface area contributed by atoms with Gasteiger partial charge in [-0.05, 0) is 12.1 Å². The molecular formula is C12H8Cl2F3N3. The smallest absolute Gasteiger partial charge is 0.319 e. The van der Waals surface area contributed by atoms with E-state index in [0.29, 0.717) is 0 Å². The van der Waals surface area contributed by atoms with E-state index in [2.05, 4.69) is 9.97 Å². The van der Waals surface area contributed by atoms with Crippen molar-refractivity contribution in [3.8, 4) is 0 Å². The Balaban J connectivity index is 2.51. The Morgan fingerprint density at radius 2 is 1.90 bits per heavy atom. The van der Waals surface area contributed by atoms with Gasteiger partial charge >= 0.3 is 6.18 Å². The van der Waals surface area contributed by atoms with Crippen molar-refractivity contribution >= 4 is 23.2 Å². The van der Waals surface area contributed by atoms with Crippen LogP contribution in [0.3, 0.4) is 0 Å². The summed E-state index contributed by atoms with van der Waals surface area (Å²) in [6, 6.07) is 1.08. The van der Waals surface area contributed by atoms with E-state index >= 15 is 0 Å². The molecule has 0 saturated heterocycles. The minimum Gasteiger partial charge on any atom is -0.319 e. The lowest BCUT2D eigenvalue weighted by Gasteiger charge is -2.18. The summed E-state index contributed by atoms with van der Waals surface area (Å²) in [5.41, 5.74) is 4.88. The first-order valence-corrected chi connectivity index (χ1v) is 6.14. The van der Waals surface area contributed by atoms with Gasteiger partial charge in [0.25, 0.3) is 0 Å². The number of alkyl halides is 3. The molecule has 2 aromatic heterocycles. The highest BCUT2D eigenvalue weighted by Gasteiger charge is 2.35. The second-order valence-corrected chi connectivity index (χ2v) is 4.80. The van der Waals surface area contributed by atoms with E-state index in [1.165, 1.54) is 12.3 Å². The van der Waals surface area contributed by atoms with Crippen molar-refractivity contribution in [2.75, 3.05) is 0 Å². The molecule has 2 heterocycles. The standard InChI is InChI=1S/C12H8Cl2F3N3/c13-6-3-9(14)11(20-4-6)10(18)7-5-19-2-1-8(7)12(15,16)17/h1-5,10H,18H2. The second-order valence-electron chi connectivity index (χ2n) is 3.96. The topological polar surface area (TPSA) is 51.8 Å². The Morgan fingerprint density at radius 1 is 1.20 bits per heavy atom. The molecule has 0 bridgehead atoms. The summed E-state index contributed by atoms with van der Waals surface area (Å²) >= 11 is 11.6. The number of nitrogens with two attached hydrogens (primary N) is 1. The molecule has 20 heavy (non-hydrogen) atoms. The largest absolute Gasteiger partial charge is 0.416 e. The molecule has 2 N–H and O–H groups in total. The van der Waals surface area contributed by atoms with Crippen molar-refractivity contribution in [1.29, 1.82) is 0 Å². The van der Waals surface area contributed by atoms with E-state index in [4.69, 9.17) is 28.9 Å². The molecule has 106 valence electrons. The summed E-state index contributed by atoms with van der Waals surface area (Å²) in [4.78, 5) is 7.57. The molecule has 2 rings (SSSR count). The first-order valence-electron chi connectivity index (χ1n) is 5.38. The van der Waals surface area contributed by atoms with Crippen LogP contribution >= 0.6 is 23.2 Å². The monoisotopic (exact) mass is 321 g/mol. The number of hydrogen-bond acceptors (Lipinski definition) is 3. The van der Waals surface area contributed by atoms with Crippen LogP contribution in [-0.4, -0.2) is 9.97 Å². The fourth-order valence-corrected chi connectivity index (χ4v) is 2.21. The quantitative estimate of drug-likeness (QED) is 0.914. The van der Waals surface area contributed by atoms with E-state index < -0.39 is 17.8 Å². The number of aromatic nitrogens is 2. The molecular weight excluding hydrogens is 314 g/mol. The number of rotatable bonds is 2. The van der Waals surface area contributed by atoms with Crippen LogP contribution < -0.4 is 5.73 Å². The summed E-state index contributed by atoms with van der Waals surface area (Å²) in [6.07, 6.45) is -1.16. The maximum Gasteiger partial charge on any atom is 0.416 e. The molecule has 3 nitrogen and oxygen atoms in total. The van der Waals surface area contributed by atoms with Crippen molar-refractivity contribution in [2.45, 2.75) is 12.2 Å². The van der Waals surface area contributed by atoms with Gasteiger partial charge in [0.1, 0.15) is 0 Å². The fraction of sp³-hybridized carbons (Fsp3) is 0.167. The van der Waals surface area contributed by atoms with Crippen molar-refractivity contribution < 1.29 is 13.2 Å². The third-order valence-corrected chi connectivity index (χ3v) is 3.13. The summed E-state index contributed by atoms with van der Waals surface area (Å²) in [5.74, 6) is 0. The van der Waals surface area contributed by atoms with E-state index in [1.807, 2.05) is 0 Å². The molecule has 0 saturated carbocycles. The molecule has 8 heteroatoms. The van der Waals surface area contributed by atoms with Gasteiger partial charge in [-0.25, -0.2) is 0 Å². The minimum atomic E-state index is -4.53. The first-order chi connectivity index (χ1) is 9.30. The van der Waals surface area contributed by atoms with Crippen LogP contribution in [-0.2, 0) is 6.18 Å². The predicted octanol–water partition coefficient (Wildman–Crippen LogP) is 3.85. The molecule has 0 spiro atoms. The highest BCUT2D eigenvalue weighted by Crippen LogP contribution is 2.36. The fourth-order valence-electron chi connectivity index (χ4n) is 1.71. The number of pyridine rings is 2.